The van der Waals surface area contributed by atoms with Crippen molar-refractivity contribution in [2.45, 2.75) is 39.3 Å². The van der Waals surface area contributed by atoms with Gasteiger partial charge in [0.1, 0.15) is 12.3 Å². The molecule has 2 aromatic rings. The second-order valence-electron chi connectivity index (χ2n) is 8.27. The standard InChI is InChI=1S/C23H32N4O3/c1-17(2)14-26(15-19-8-7-13-25(19)3)22(28)16-27(18-11-12-18)23(29)24-20-9-5-6-10-21(20)30-4/h5-10,13,17-18H,11-12,14-16H2,1-4H3,(H,24,29). The monoisotopic (exact) mass is 412 g/mol. The zero-order chi connectivity index (χ0) is 21.7. The molecule has 0 bridgehead atoms. The minimum absolute atomic E-state index is 0.0352. The lowest BCUT2D eigenvalue weighted by atomic mass is 10.2. The fourth-order valence-electron chi connectivity index (χ4n) is 3.49. The zero-order valence-electron chi connectivity index (χ0n) is 18.3. The Labute approximate surface area is 178 Å². The Bertz CT molecular complexity index is 873. The van der Waals surface area contributed by atoms with E-state index >= 15 is 0 Å². The van der Waals surface area contributed by atoms with Crippen molar-refractivity contribution in [3.05, 3.63) is 48.3 Å². The fourth-order valence-corrected chi connectivity index (χ4v) is 3.49. The Balaban J connectivity index is 1.71. The number of nitrogens with zero attached hydrogens (tertiary/aromatic N) is 3. The van der Waals surface area contributed by atoms with E-state index in [0.717, 1.165) is 18.5 Å². The molecule has 7 heteroatoms. The van der Waals surface area contributed by atoms with Crippen LogP contribution in [0.1, 0.15) is 32.4 Å². The highest BCUT2D eigenvalue weighted by Crippen LogP contribution is 2.29. The number of aromatic nitrogens is 1. The molecule has 7 nitrogen and oxygen atoms in total. The van der Waals surface area contributed by atoms with Crippen molar-refractivity contribution in [1.29, 1.82) is 0 Å². The third-order valence-corrected chi connectivity index (χ3v) is 5.25. The maximum atomic E-state index is 13.2. The van der Waals surface area contributed by atoms with Crippen molar-refractivity contribution >= 4 is 17.6 Å². The molecule has 1 saturated carbocycles. The predicted molar refractivity (Wildman–Crippen MR) is 117 cm³/mol. The van der Waals surface area contributed by atoms with Gasteiger partial charge in [0.25, 0.3) is 0 Å². The van der Waals surface area contributed by atoms with Crippen LogP contribution in [-0.2, 0) is 18.4 Å². The molecule has 0 radical (unpaired) electrons. The van der Waals surface area contributed by atoms with Gasteiger partial charge in [-0.3, -0.25) is 4.79 Å². The molecule has 1 aromatic carbocycles. The van der Waals surface area contributed by atoms with E-state index < -0.39 is 0 Å². The number of ether oxygens (including phenoxy) is 1. The lowest BCUT2D eigenvalue weighted by Gasteiger charge is -2.29. The van der Waals surface area contributed by atoms with Crippen molar-refractivity contribution < 1.29 is 14.3 Å². The minimum atomic E-state index is -0.265. The third kappa shape index (κ3) is 5.55. The van der Waals surface area contributed by atoms with Gasteiger partial charge in [0.2, 0.25) is 5.91 Å². The molecule has 0 aliphatic heterocycles. The highest BCUT2D eigenvalue weighted by Gasteiger charge is 2.35. The number of nitrogens with one attached hydrogen (secondary N) is 1. The van der Waals surface area contributed by atoms with E-state index in [0.29, 0.717) is 30.4 Å². The topological polar surface area (TPSA) is 66.8 Å². The van der Waals surface area contributed by atoms with Crippen LogP contribution >= 0.6 is 0 Å². The number of carbonyl (C=O) groups excluding carboxylic acids is 2. The Morgan fingerprint density at radius 2 is 1.93 bits per heavy atom. The smallest absolute Gasteiger partial charge is 0.322 e. The average molecular weight is 413 g/mol. The Hall–Kier alpha value is -2.96. The molecular weight excluding hydrogens is 380 g/mol. The molecule has 162 valence electrons. The fraction of sp³-hybridized carbons (Fsp3) is 0.478. The minimum Gasteiger partial charge on any atom is -0.495 e. The first-order chi connectivity index (χ1) is 14.4. The summed E-state index contributed by atoms with van der Waals surface area (Å²) in [6.45, 7) is 5.45. The van der Waals surface area contributed by atoms with Crippen molar-refractivity contribution in [2.75, 3.05) is 25.5 Å². The number of hydrogen-bond donors (Lipinski definition) is 1. The number of urea groups is 1. The largest absolute Gasteiger partial charge is 0.495 e. The lowest BCUT2D eigenvalue weighted by molar-refractivity contribution is -0.133. The average Bonchev–Trinajstić information content (AvgIpc) is 3.48. The maximum Gasteiger partial charge on any atom is 0.322 e. The summed E-state index contributed by atoms with van der Waals surface area (Å²) in [7, 11) is 3.55. The number of methoxy groups -OCH3 is 1. The molecule has 3 rings (SSSR count). The lowest BCUT2D eigenvalue weighted by Crippen LogP contribution is -2.46. The van der Waals surface area contributed by atoms with Crippen LogP contribution in [-0.4, -0.2) is 52.5 Å². The zero-order valence-corrected chi connectivity index (χ0v) is 18.3. The molecular formula is C23H32N4O3. The van der Waals surface area contributed by atoms with E-state index in [-0.39, 0.29) is 24.5 Å². The van der Waals surface area contributed by atoms with Crippen LogP contribution in [0.15, 0.2) is 42.6 Å². The number of rotatable bonds is 9. The molecule has 0 spiro atoms. The number of anilines is 1. The Morgan fingerprint density at radius 3 is 2.53 bits per heavy atom. The Morgan fingerprint density at radius 1 is 1.20 bits per heavy atom. The van der Waals surface area contributed by atoms with Gasteiger partial charge >= 0.3 is 6.03 Å². The maximum absolute atomic E-state index is 13.2. The van der Waals surface area contributed by atoms with Gasteiger partial charge in [0.05, 0.1) is 19.3 Å². The van der Waals surface area contributed by atoms with Crippen molar-refractivity contribution in [2.24, 2.45) is 13.0 Å². The van der Waals surface area contributed by atoms with Gasteiger partial charge in [0.15, 0.2) is 0 Å². The molecule has 0 unspecified atom stereocenters. The number of para-hydroxylation sites is 2. The third-order valence-electron chi connectivity index (χ3n) is 5.25. The van der Waals surface area contributed by atoms with E-state index in [1.807, 2.05) is 47.0 Å². The SMILES string of the molecule is COc1ccccc1NC(=O)N(CC(=O)N(Cc1cccn1C)CC(C)C)C1CC1. The summed E-state index contributed by atoms with van der Waals surface area (Å²) in [6.07, 6.45) is 3.83. The first-order valence-corrected chi connectivity index (χ1v) is 10.5. The normalized spacial score (nSPS) is 13.2. The Kier molecular flexibility index (Phi) is 7.03. The number of benzene rings is 1. The molecule has 0 saturated heterocycles. The van der Waals surface area contributed by atoms with Crippen molar-refractivity contribution in [3.8, 4) is 5.75 Å². The first kappa shape index (κ1) is 21.7. The molecule has 3 amide bonds. The van der Waals surface area contributed by atoms with Gasteiger partial charge in [-0.25, -0.2) is 4.79 Å². The van der Waals surface area contributed by atoms with Crippen LogP contribution in [0.2, 0.25) is 0 Å². The molecule has 1 aliphatic rings. The summed E-state index contributed by atoms with van der Waals surface area (Å²) in [5.74, 6) is 0.899. The van der Waals surface area contributed by atoms with Gasteiger partial charge < -0.3 is 24.4 Å². The summed E-state index contributed by atoms with van der Waals surface area (Å²) < 4.78 is 7.35. The molecule has 1 aromatic heterocycles. The number of aryl methyl sites for hydroxylation is 1. The molecule has 0 atom stereocenters. The van der Waals surface area contributed by atoms with Crippen molar-refractivity contribution in [1.82, 2.24) is 14.4 Å². The van der Waals surface area contributed by atoms with E-state index in [1.54, 1.807) is 24.1 Å². The summed E-state index contributed by atoms with van der Waals surface area (Å²) in [4.78, 5) is 29.7. The quantitative estimate of drug-likeness (QED) is 0.683. The second-order valence-corrected chi connectivity index (χ2v) is 8.27. The van der Waals surface area contributed by atoms with E-state index in [4.69, 9.17) is 4.74 Å². The van der Waals surface area contributed by atoms with Crippen LogP contribution < -0.4 is 10.1 Å². The molecule has 1 aliphatic carbocycles. The second kappa shape index (κ2) is 9.69. The summed E-state index contributed by atoms with van der Waals surface area (Å²) in [6, 6.07) is 11.1. The van der Waals surface area contributed by atoms with Gasteiger partial charge in [-0.15, -0.1) is 0 Å². The van der Waals surface area contributed by atoms with Crippen molar-refractivity contribution in [3.63, 3.8) is 0 Å². The van der Waals surface area contributed by atoms with Gasteiger partial charge in [-0.05, 0) is 43.0 Å². The summed E-state index contributed by atoms with van der Waals surface area (Å²) >= 11 is 0. The molecule has 30 heavy (non-hydrogen) atoms. The van der Waals surface area contributed by atoms with Gasteiger partial charge in [-0.2, -0.15) is 0 Å². The number of amides is 3. The molecule has 1 N–H and O–H groups in total. The van der Waals surface area contributed by atoms with Crippen LogP contribution in [0.3, 0.4) is 0 Å². The van der Waals surface area contributed by atoms with E-state index in [1.165, 1.54) is 0 Å². The van der Waals surface area contributed by atoms with Crippen LogP contribution in [0, 0.1) is 5.92 Å². The summed E-state index contributed by atoms with van der Waals surface area (Å²) in [5, 5.41) is 2.91. The van der Waals surface area contributed by atoms with E-state index in [2.05, 4.69) is 19.2 Å². The molecule has 1 heterocycles. The highest BCUT2D eigenvalue weighted by atomic mass is 16.5. The van der Waals surface area contributed by atoms with Gasteiger partial charge in [-0.1, -0.05) is 26.0 Å². The summed E-state index contributed by atoms with van der Waals surface area (Å²) in [5.41, 5.74) is 1.67. The first-order valence-electron chi connectivity index (χ1n) is 10.5. The van der Waals surface area contributed by atoms with E-state index in [9.17, 15) is 9.59 Å². The number of hydrogen-bond acceptors (Lipinski definition) is 3. The molecule has 1 fully saturated rings. The van der Waals surface area contributed by atoms with Gasteiger partial charge in [0, 0.05) is 31.5 Å². The van der Waals surface area contributed by atoms with Crippen LogP contribution in [0.4, 0.5) is 10.5 Å². The van der Waals surface area contributed by atoms with Crippen LogP contribution in [0.25, 0.3) is 0 Å². The highest BCUT2D eigenvalue weighted by molar-refractivity contribution is 5.94. The number of carbonyl (C=O) groups is 2. The predicted octanol–water partition coefficient (Wildman–Crippen LogP) is 3.71. The van der Waals surface area contributed by atoms with Crippen LogP contribution in [0.5, 0.6) is 5.75 Å².